The minimum atomic E-state index is 0.694. The quantitative estimate of drug-likeness (QED) is 0.178. The molecule has 5 nitrogen and oxygen atoms in total. The highest BCUT2D eigenvalue weighted by Gasteiger charge is 2.20. The average molecular weight is 724 g/mol. The van der Waals surface area contributed by atoms with Crippen LogP contribution in [0, 0.1) is 0 Å². The van der Waals surface area contributed by atoms with Crippen LogP contribution in [0.2, 0.25) is 0 Å². The van der Waals surface area contributed by atoms with Crippen LogP contribution in [0.3, 0.4) is 0 Å². The highest BCUT2D eigenvalue weighted by Crippen LogP contribution is 2.41. The fraction of sp³-hybridized carbons (Fsp3) is 0.0204. The summed E-state index contributed by atoms with van der Waals surface area (Å²) in [6.07, 6.45) is 1.98. The van der Waals surface area contributed by atoms with Crippen molar-refractivity contribution >= 4 is 33.1 Å². The molecule has 4 heterocycles. The van der Waals surface area contributed by atoms with E-state index in [-0.39, 0.29) is 0 Å². The zero-order valence-electron chi connectivity index (χ0n) is 29.7. The van der Waals surface area contributed by atoms with Crippen molar-refractivity contribution in [2.75, 3.05) is 0 Å². The number of aliphatic imine (C=N–C) groups is 1. The Morgan fingerprint density at radius 1 is 0.436 bits per heavy atom. The van der Waals surface area contributed by atoms with Crippen LogP contribution in [0.25, 0.3) is 77.5 Å². The zero-order chi connectivity index (χ0) is 36.6. The van der Waals surface area contributed by atoms with Crippen LogP contribution in [0.15, 0.2) is 187 Å². The highest BCUT2D eigenvalue weighted by molar-refractivity contribution is 7.19. The van der Waals surface area contributed by atoms with Gasteiger partial charge in [-0.1, -0.05) is 158 Å². The summed E-state index contributed by atoms with van der Waals surface area (Å²) in [5.41, 5.74) is 13.7. The number of thiophene rings is 1. The van der Waals surface area contributed by atoms with Crippen LogP contribution < -0.4 is 5.32 Å². The van der Waals surface area contributed by atoms with E-state index in [1.54, 1.807) is 11.3 Å². The van der Waals surface area contributed by atoms with E-state index in [9.17, 15) is 0 Å². The number of amidine groups is 1. The topological polar surface area (TPSA) is 63.1 Å². The Hall–Kier alpha value is -7.02. The molecule has 1 aliphatic heterocycles. The molecule has 0 unspecified atom stereocenters. The summed E-state index contributed by atoms with van der Waals surface area (Å²) in [5, 5.41) is 4.65. The lowest BCUT2D eigenvalue weighted by atomic mass is 9.99. The van der Waals surface area contributed by atoms with Crippen molar-refractivity contribution in [1.29, 1.82) is 0 Å². The highest BCUT2D eigenvalue weighted by atomic mass is 32.1. The van der Waals surface area contributed by atoms with Gasteiger partial charge in [-0.05, 0) is 46.0 Å². The Morgan fingerprint density at radius 2 is 0.945 bits per heavy atom. The van der Waals surface area contributed by atoms with Crippen LogP contribution >= 0.6 is 11.3 Å². The molecule has 0 fully saturated rings. The molecular weight excluding hydrogens is 691 g/mol. The van der Waals surface area contributed by atoms with Gasteiger partial charge < -0.3 is 5.32 Å². The molecule has 1 N–H and O–H groups in total. The fourth-order valence-corrected chi connectivity index (χ4v) is 8.13. The van der Waals surface area contributed by atoms with Crippen LogP contribution in [0.4, 0.5) is 5.69 Å². The van der Waals surface area contributed by atoms with Crippen molar-refractivity contribution in [2.45, 2.75) is 6.54 Å². The average Bonchev–Trinajstić information content (AvgIpc) is 3.65. The summed E-state index contributed by atoms with van der Waals surface area (Å²) in [6.45, 7) is 0.703. The van der Waals surface area contributed by atoms with Crippen LogP contribution in [-0.4, -0.2) is 20.8 Å². The molecule has 6 heteroatoms. The van der Waals surface area contributed by atoms with Crippen LogP contribution in [0.5, 0.6) is 0 Å². The molecule has 10 rings (SSSR count). The van der Waals surface area contributed by atoms with Crippen molar-refractivity contribution in [3.8, 4) is 67.3 Å². The van der Waals surface area contributed by atoms with E-state index in [4.69, 9.17) is 19.9 Å². The first kappa shape index (κ1) is 32.6. The Morgan fingerprint density at radius 3 is 1.58 bits per heavy atom. The molecular formula is C49H33N5S. The maximum absolute atomic E-state index is 5.19. The summed E-state index contributed by atoms with van der Waals surface area (Å²) < 4.78 is 0. The number of hydrogen-bond donors (Lipinski definition) is 1. The number of aromatic nitrogens is 3. The maximum atomic E-state index is 5.19. The molecule has 0 saturated carbocycles. The molecule has 0 radical (unpaired) electrons. The summed E-state index contributed by atoms with van der Waals surface area (Å²) in [7, 11) is 0. The fourth-order valence-electron chi connectivity index (χ4n) is 7.13. The van der Waals surface area contributed by atoms with Gasteiger partial charge >= 0.3 is 0 Å². The van der Waals surface area contributed by atoms with Gasteiger partial charge in [0.2, 0.25) is 0 Å². The Kier molecular flexibility index (Phi) is 8.35. The van der Waals surface area contributed by atoms with E-state index in [2.05, 4.69) is 151 Å². The van der Waals surface area contributed by atoms with Gasteiger partial charge in [-0.15, -0.1) is 11.3 Å². The number of nitrogens with one attached hydrogen (secondary N) is 1. The molecule has 0 bridgehead atoms. The lowest BCUT2D eigenvalue weighted by molar-refractivity contribution is 0.915. The first-order valence-corrected chi connectivity index (χ1v) is 19.1. The number of nitrogens with zero attached hydrogens (tertiary/aromatic N) is 4. The Labute approximate surface area is 323 Å². The van der Waals surface area contributed by atoms with Gasteiger partial charge in [0.05, 0.1) is 28.5 Å². The molecule has 55 heavy (non-hydrogen) atoms. The smallest absolute Gasteiger partial charge is 0.160 e. The predicted octanol–water partition coefficient (Wildman–Crippen LogP) is 12.3. The molecule has 260 valence electrons. The molecule has 3 aromatic heterocycles. The lowest BCUT2D eigenvalue weighted by Gasteiger charge is -2.16. The second-order valence-electron chi connectivity index (χ2n) is 13.6. The van der Waals surface area contributed by atoms with Gasteiger partial charge in [-0.25, -0.2) is 19.9 Å². The van der Waals surface area contributed by atoms with Gasteiger partial charge in [0.15, 0.2) is 5.82 Å². The minimum Gasteiger partial charge on any atom is -0.365 e. The molecule has 0 amide bonds. The van der Waals surface area contributed by atoms with E-state index < -0.39 is 0 Å². The third kappa shape index (κ3) is 6.49. The van der Waals surface area contributed by atoms with Crippen LogP contribution in [-0.2, 0) is 6.54 Å². The van der Waals surface area contributed by atoms with Gasteiger partial charge in [0.1, 0.15) is 10.7 Å². The second-order valence-corrected chi connectivity index (χ2v) is 14.6. The molecule has 0 spiro atoms. The molecule has 9 aromatic rings. The Bertz CT molecular complexity index is 2830. The number of hydrogen-bond acceptors (Lipinski definition) is 6. The first-order valence-electron chi connectivity index (χ1n) is 18.3. The summed E-state index contributed by atoms with van der Waals surface area (Å²) in [4.78, 5) is 22.4. The summed E-state index contributed by atoms with van der Waals surface area (Å²) >= 11 is 1.70. The van der Waals surface area contributed by atoms with Crippen molar-refractivity contribution in [3.05, 3.63) is 193 Å². The van der Waals surface area contributed by atoms with Gasteiger partial charge in [-0.2, -0.15) is 0 Å². The number of benzene rings is 6. The van der Waals surface area contributed by atoms with E-state index in [0.717, 1.165) is 66.5 Å². The first-order chi connectivity index (χ1) is 27.2. The molecule has 6 aromatic carbocycles. The SMILES string of the molecule is c1ccc(-c2ccc(-c3cc(-c4ccc(C5=Nc6c(sc7ncc(-c8cccc(-c9ccccc9)c8)cc67)CN5)cc4)nc(-c4ccccc4)n3)cc2)cc1. The predicted molar refractivity (Wildman–Crippen MR) is 227 cm³/mol. The summed E-state index contributed by atoms with van der Waals surface area (Å²) in [5.74, 6) is 1.54. The van der Waals surface area contributed by atoms with E-state index in [1.807, 2.05) is 36.5 Å². The minimum absolute atomic E-state index is 0.694. The zero-order valence-corrected chi connectivity index (χ0v) is 30.5. The second kappa shape index (κ2) is 14.1. The van der Waals surface area contributed by atoms with Crippen LogP contribution in [0.1, 0.15) is 10.4 Å². The standard InChI is InChI=1S/C49H33N5S/c1-4-11-32(12-5-1)34-19-21-35(22-20-34)43-29-44(53-48(52-43)37-15-8-3-9-16-37)36-23-25-38(26-24-36)47-50-31-45-46(54-47)42-28-41(30-51-49(42)55-45)40-18-10-17-39(27-40)33-13-6-2-7-14-33/h1-30H,31H2,(H,50,54). The normalized spacial score (nSPS) is 12.2. The van der Waals surface area contributed by atoms with Crippen molar-refractivity contribution in [3.63, 3.8) is 0 Å². The van der Waals surface area contributed by atoms with Crippen molar-refractivity contribution in [2.24, 2.45) is 4.99 Å². The third-order valence-electron chi connectivity index (χ3n) is 10.0. The molecule has 0 atom stereocenters. The molecule has 0 aliphatic carbocycles. The van der Waals surface area contributed by atoms with E-state index >= 15 is 0 Å². The molecule has 0 saturated heterocycles. The molecule has 1 aliphatic rings. The van der Waals surface area contributed by atoms with Gasteiger partial charge in [0.25, 0.3) is 0 Å². The lowest BCUT2D eigenvalue weighted by Crippen LogP contribution is -2.25. The van der Waals surface area contributed by atoms with E-state index in [1.165, 1.54) is 27.1 Å². The Balaban J connectivity index is 0.971. The van der Waals surface area contributed by atoms with E-state index in [0.29, 0.717) is 12.4 Å². The number of fused-ring (bicyclic) bond motifs is 3. The third-order valence-corrected chi connectivity index (χ3v) is 11.1. The van der Waals surface area contributed by atoms with Gasteiger partial charge in [0, 0.05) is 39.4 Å². The van der Waals surface area contributed by atoms with Crippen molar-refractivity contribution < 1.29 is 0 Å². The van der Waals surface area contributed by atoms with Gasteiger partial charge in [-0.3, -0.25) is 0 Å². The van der Waals surface area contributed by atoms with Crippen molar-refractivity contribution in [1.82, 2.24) is 20.3 Å². The monoisotopic (exact) mass is 723 g/mol. The largest absolute Gasteiger partial charge is 0.365 e. The number of pyridine rings is 1. The number of rotatable bonds is 7. The maximum Gasteiger partial charge on any atom is 0.160 e. The summed E-state index contributed by atoms with van der Waals surface area (Å²) in [6, 6.07) is 61.1.